The molecule has 0 rings (SSSR count). The summed E-state index contributed by atoms with van der Waals surface area (Å²) in [6.45, 7) is 3.21. The van der Waals surface area contributed by atoms with Crippen LogP contribution >= 0.6 is 0 Å². The number of hydrogen-bond donors (Lipinski definition) is 0. The van der Waals surface area contributed by atoms with Crippen LogP contribution < -0.4 is 0 Å². The number of ketones is 4. The highest BCUT2D eigenvalue weighted by Crippen LogP contribution is 2.02. The van der Waals surface area contributed by atoms with Gasteiger partial charge in [0.1, 0.15) is 23.1 Å². The maximum atomic E-state index is 11.3. The van der Waals surface area contributed by atoms with Gasteiger partial charge in [0, 0.05) is 19.3 Å². The predicted octanol–water partition coefficient (Wildman–Crippen LogP) is 1.64. The van der Waals surface area contributed by atoms with Gasteiger partial charge >= 0.3 is 0 Å². The van der Waals surface area contributed by atoms with E-state index in [0.717, 1.165) is 6.42 Å². The molecule has 0 aromatic carbocycles. The van der Waals surface area contributed by atoms with E-state index in [1.54, 1.807) is 0 Å². The van der Waals surface area contributed by atoms with Crippen molar-refractivity contribution in [3.8, 4) is 0 Å². The van der Waals surface area contributed by atoms with E-state index >= 15 is 0 Å². The van der Waals surface area contributed by atoms with Gasteiger partial charge in [0.05, 0.1) is 12.8 Å². The summed E-state index contributed by atoms with van der Waals surface area (Å²) in [6.07, 6.45) is 1.08. The van der Waals surface area contributed by atoms with Crippen LogP contribution in [0.2, 0.25) is 0 Å². The molecule has 0 aliphatic rings. The maximum absolute atomic E-state index is 11.3. The van der Waals surface area contributed by atoms with E-state index in [2.05, 4.69) is 0 Å². The van der Waals surface area contributed by atoms with Crippen molar-refractivity contribution >= 4 is 23.1 Å². The number of hydrogen-bond acceptors (Lipinski definition) is 4. The largest absolute Gasteiger partial charge is 0.300 e. The molecule has 0 saturated carbocycles. The van der Waals surface area contributed by atoms with E-state index in [0.29, 0.717) is 6.42 Å². The Kier molecular flexibility index (Phi) is 7.25. The van der Waals surface area contributed by atoms with Crippen LogP contribution in [-0.4, -0.2) is 23.1 Å². The van der Waals surface area contributed by atoms with Crippen molar-refractivity contribution in [1.29, 1.82) is 0 Å². The second-order valence-corrected chi connectivity index (χ2v) is 3.92. The normalized spacial score (nSPS) is 9.88. The molecule has 0 bridgehead atoms. The fourth-order valence-corrected chi connectivity index (χ4v) is 1.32. The molecule has 0 saturated heterocycles. The topological polar surface area (TPSA) is 68.3 Å². The molecule has 0 spiro atoms. The summed E-state index contributed by atoms with van der Waals surface area (Å²) in [5, 5.41) is 0. The van der Waals surface area contributed by atoms with Crippen molar-refractivity contribution in [3.63, 3.8) is 0 Å². The van der Waals surface area contributed by atoms with Gasteiger partial charge < -0.3 is 0 Å². The summed E-state index contributed by atoms with van der Waals surface area (Å²) in [5.74, 6) is -0.717. The molecule has 4 nitrogen and oxygen atoms in total. The minimum Gasteiger partial charge on any atom is -0.300 e. The maximum Gasteiger partial charge on any atom is 0.140 e. The van der Waals surface area contributed by atoms with Crippen molar-refractivity contribution in [1.82, 2.24) is 0 Å². The molecule has 0 N–H and O–H groups in total. The Morgan fingerprint density at radius 3 is 1.62 bits per heavy atom. The smallest absolute Gasteiger partial charge is 0.140 e. The number of carbonyl (C=O) groups is 4. The van der Waals surface area contributed by atoms with Crippen LogP contribution in [-0.2, 0) is 19.2 Å². The first kappa shape index (κ1) is 14.7. The molecule has 0 atom stereocenters. The highest BCUT2D eigenvalue weighted by atomic mass is 16.2. The molecule has 0 aliphatic carbocycles. The first-order chi connectivity index (χ1) is 7.45. The summed E-state index contributed by atoms with van der Waals surface area (Å²) < 4.78 is 0. The summed E-state index contributed by atoms with van der Waals surface area (Å²) in [7, 11) is 0. The SMILES string of the molecule is CCCC(=O)CC(=O)CCC(=O)CC(C)=O. The number of rotatable bonds is 9. The van der Waals surface area contributed by atoms with Crippen molar-refractivity contribution in [2.45, 2.75) is 52.4 Å². The van der Waals surface area contributed by atoms with E-state index < -0.39 is 0 Å². The second-order valence-electron chi connectivity index (χ2n) is 3.92. The summed E-state index contributed by atoms with van der Waals surface area (Å²) in [5.41, 5.74) is 0. The fraction of sp³-hybridized carbons (Fsp3) is 0.667. The first-order valence-corrected chi connectivity index (χ1v) is 5.50. The molecule has 0 radical (unpaired) electrons. The van der Waals surface area contributed by atoms with Gasteiger partial charge in [-0.15, -0.1) is 0 Å². The molecule has 90 valence electrons. The molecule has 0 heterocycles. The average Bonchev–Trinajstić information content (AvgIpc) is 2.14. The van der Waals surface area contributed by atoms with Crippen LogP contribution in [0.25, 0.3) is 0 Å². The van der Waals surface area contributed by atoms with E-state index in [4.69, 9.17) is 0 Å². The highest BCUT2D eigenvalue weighted by molar-refractivity contribution is 6.02. The minimum absolute atomic E-state index is 0.0673. The second kappa shape index (κ2) is 7.91. The van der Waals surface area contributed by atoms with Gasteiger partial charge in [-0.2, -0.15) is 0 Å². The van der Waals surface area contributed by atoms with Crippen LogP contribution in [0.15, 0.2) is 0 Å². The Bertz CT molecular complexity index is 291. The van der Waals surface area contributed by atoms with Gasteiger partial charge in [-0.25, -0.2) is 0 Å². The summed E-state index contributed by atoms with van der Waals surface area (Å²) in [4.78, 5) is 44.1. The molecular weight excluding hydrogens is 208 g/mol. The van der Waals surface area contributed by atoms with E-state index in [1.807, 2.05) is 6.92 Å². The van der Waals surface area contributed by atoms with E-state index in [1.165, 1.54) is 6.92 Å². The van der Waals surface area contributed by atoms with Gasteiger partial charge in [-0.3, -0.25) is 19.2 Å². The van der Waals surface area contributed by atoms with Crippen LogP contribution in [0.4, 0.5) is 0 Å². The predicted molar refractivity (Wildman–Crippen MR) is 59.1 cm³/mol. The number of carbonyl (C=O) groups excluding carboxylic acids is 4. The van der Waals surface area contributed by atoms with Crippen LogP contribution in [0, 0.1) is 0 Å². The van der Waals surface area contributed by atoms with Crippen molar-refractivity contribution < 1.29 is 19.2 Å². The fourth-order valence-electron chi connectivity index (χ4n) is 1.32. The quantitative estimate of drug-likeness (QED) is 0.560. The average molecular weight is 226 g/mol. The van der Waals surface area contributed by atoms with E-state index in [9.17, 15) is 19.2 Å². The standard InChI is InChI=1S/C12H18O4/c1-3-4-10(14)8-12(16)6-5-11(15)7-9(2)13/h3-8H2,1-2H3. The van der Waals surface area contributed by atoms with Crippen molar-refractivity contribution in [2.75, 3.05) is 0 Å². The van der Waals surface area contributed by atoms with Crippen molar-refractivity contribution in [2.24, 2.45) is 0 Å². The highest BCUT2D eigenvalue weighted by Gasteiger charge is 2.12. The van der Waals surface area contributed by atoms with Crippen molar-refractivity contribution in [3.05, 3.63) is 0 Å². The zero-order chi connectivity index (χ0) is 12.6. The molecule has 0 fully saturated rings. The monoisotopic (exact) mass is 226 g/mol. The Hall–Kier alpha value is -1.32. The van der Waals surface area contributed by atoms with Gasteiger partial charge in [0.2, 0.25) is 0 Å². The van der Waals surface area contributed by atoms with Gasteiger partial charge in [0.25, 0.3) is 0 Å². The van der Waals surface area contributed by atoms with Gasteiger partial charge in [-0.1, -0.05) is 6.92 Å². The summed E-state index contributed by atoms with van der Waals surface area (Å²) >= 11 is 0. The van der Waals surface area contributed by atoms with Crippen LogP contribution in [0.5, 0.6) is 0 Å². The molecule has 0 aliphatic heterocycles. The zero-order valence-electron chi connectivity index (χ0n) is 9.88. The summed E-state index contributed by atoms with van der Waals surface area (Å²) in [6, 6.07) is 0. The molecule has 0 unspecified atom stereocenters. The lowest BCUT2D eigenvalue weighted by Gasteiger charge is -1.99. The lowest BCUT2D eigenvalue weighted by Crippen LogP contribution is -2.11. The molecule has 4 heteroatoms. The molecule has 0 aromatic heterocycles. The Morgan fingerprint density at radius 2 is 1.19 bits per heavy atom. The molecule has 0 aromatic rings. The number of Topliss-reactive ketones (excluding diaryl/α,β-unsaturated/α-hetero) is 4. The van der Waals surface area contributed by atoms with Crippen LogP contribution in [0.3, 0.4) is 0 Å². The molecule has 0 amide bonds. The Balaban J connectivity index is 3.77. The Labute approximate surface area is 95.4 Å². The van der Waals surface area contributed by atoms with Gasteiger partial charge in [-0.05, 0) is 13.3 Å². The minimum atomic E-state index is -0.233. The molecule has 16 heavy (non-hydrogen) atoms. The Morgan fingerprint density at radius 1 is 0.750 bits per heavy atom. The molecular formula is C12H18O4. The first-order valence-electron chi connectivity index (χ1n) is 5.50. The third-order valence-electron chi connectivity index (χ3n) is 2.05. The zero-order valence-corrected chi connectivity index (χ0v) is 9.88. The van der Waals surface area contributed by atoms with Crippen LogP contribution in [0.1, 0.15) is 52.4 Å². The third kappa shape index (κ3) is 8.03. The van der Waals surface area contributed by atoms with Gasteiger partial charge in [0.15, 0.2) is 0 Å². The lowest BCUT2D eigenvalue weighted by atomic mass is 10.0. The third-order valence-corrected chi connectivity index (χ3v) is 2.05. The lowest BCUT2D eigenvalue weighted by molar-refractivity contribution is -0.130. The van der Waals surface area contributed by atoms with E-state index in [-0.39, 0.29) is 48.8 Å².